The highest BCUT2D eigenvalue weighted by atomic mass is 32.1. The van der Waals surface area contributed by atoms with Gasteiger partial charge in [0.2, 0.25) is 0 Å². The molecule has 1 fully saturated rings. The summed E-state index contributed by atoms with van der Waals surface area (Å²) >= 11 is 5.16. The van der Waals surface area contributed by atoms with Crippen molar-refractivity contribution in [1.82, 2.24) is 10.2 Å². The second-order valence-electron chi connectivity index (χ2n) is 6.78. The highest BCUT2D eigenvalue weighted by Crippen LogP contribution is 2.28. The summed E-state index contributed by atoms with van der Waals surface area (Å²) in [6, 6.07) is 0. The standard InChI is InChI=1S/C18H27N3O9S/c1-9(22)26-7-13-14(27-10(2)23)15(28-11(3)24)16(29-12(4)25)17(30-13)20-18(31)19-8-21(5)6/h8,13-17H,7H2,1-6H3,(H,20,31)/t13-,14-,15+,16+,17+/m1/s1. The zero-order chi connectivity index (χ0) is 23.7. The minimum absolute atomic E-state index is 0.0189. The van der Waals surface area contributed by atoms with Crippen LogP contribution in [0.4, 0.5) is 0 Å². The lowest BCUT2D eigenvalue weighted by atomic mass is 9.97. The van der Waals surface area contributed by atoms with Gasteiger partial charge < -0.3 is 33.9 Å². The van der Waals surface area contributed by atoms with Crippen LogP contribution in [0.3, 0.4) is 0 Å². The molecule has 31 heavy (non-hydrogen) atoms. The Morgan fingerprint density at radius 1 is 0.935 bits per heavy atom. The monoisotopic (exact) mass is 461 g/mol. The van der Waals surface area contributed by atoms with Crippen molar-refractivity contribution in [3.8, 4) is 0 Å². The van der Waals surface area contributed by atoms with E-state index in [-0.39, 0.29) is 11.7 Å². The van der Waals surface area contributed by atoms with E-state index in [0.29, 0.717) is 0 Å². The lowest BCUT2D eigenvalue weighted by molar-refractivity contribution is -0.254. The van der Waals surface area contributed by atoms with E-state index >= 15 is 0 Å². The second kappa shape index (κ2) is 12.2. The van der Waals surface area contributed by atoms with E-state index in [1.54, 1.807) is 19.0 Å². The molecular formula is C18H27N3O9S. The predicted molar refractivity (Wildman–Crippen MR) is 110 cm³/mol. The van der Waals surface area contributed by atoms with Gasteiger partial charge in [0.25, 0.3) is 0 Å². The topological polar surface area (TPSA) is 142 Å². The molecule has 1 N–H and O–H groups in total. The summed E-state index contributed by atoms with van der Waals surface area (Å²) in [5, 5.41) is 2.74. The fourth-order valence-electron chi connectivity index (χ4n) is 2.67. The first kappa shape index (κ1) is 26.2. The van der Waals surface area contributed by atoms with Crippen LogP contribution >= 0.6 is 12.2 Å². The summed E-state index contributed by atoms with van der Waals surface area (Å²) in [4.78, 5) is 52.1. The Morgan fingerprint density at radius 3 is 1.94 bits per heavy atom. The molecule has 12 nitrogen and oxygen atoms in total. The maximum Gasteiger partial charge on any atom is 0.303 e. The first-order chi connectivity index (χ1) is 14.4. The van der Waals surface area contributed by atoms with Crippen molar-refractivity contribution >= 4 is 47.5 Å². The van der Waals surface area contributed by atoms with Gasteiger partial charge in [-0.3, -0.25) is 19.2 Å². The zero-order valence-electron chi connectivity index (χ0n) is 18.1. The third-order valence-electron chi connectivity index (χ3n) is 3.66. The molecule has 0 bridgehead atoms. The van der Waals surface area contributed by atoms with E-state index in [0.717, 1.165) is 20.8 Å². The van der Waals surface area contributed by atoms with Crippen LogP contribution in [0.2, 0.25) is 0 Å². The number of thiocarbonyl (C=S) groups is 1. The predicted octanol–water partition coefficient (Wildman–Crippen LogP) is -0.466. The fourth-order valence-corrected chi connectivity index (χ4v) is 2.83. The van der Waals surface area contributed by atoms with Crippen LogP contribution in [0.1, 0.15) is 27.7 Å². The molecule has 1 saturated heterocycles. The van der Waals surface area contributed by atoms with Crippen molar-refractivity contribution in [3.05, 3.63) is 0 Å². The van der Waals surface area contributed by atoms with E-state index in [1.165, 1.54) is 13.3 Å². The van der Waals surface area contributed by atoms with E-state index in [1.807, 2.05) is 0 Å². The van der Waals surface area contributed by atoms with E-state index in [2.05, 4.69) is 10.3 Å². The molecule has 1 rings (SSSR count). The third-order valence-corrected chi connectivity index (χ3v) is 3.89. The minimum Gasteiger partial charge on any atom is -0.463 e. The normalized spacial score (nSPS) is 25.3. The Balaban J connectivity index is 3.32. The molecule has 0 aliphatic carbocycles. The summed E-state index contributed by atoms with van der Waals surface area (Å²) < 4.78 is 26.7. The van der Waals surface area contributed by atoms with Crippen LogP contribution < -0.4 is 5.32 Å². The number of ether oxygens (including phenoxy) is 5. The highest BCUT2D eigenvalue weighted by molar-refractivity contribution is 7.80. The molecular weight excluding hydrogens is 434 g/mol. The van der Waals surface area contributed by atoms with Crippen molar-refractivity contribution in [2.24, 2.45) is 4.99 Å². The lowest BCUT2D eigenvalue weighted by Gasteiger charge is -2.44. The van der Waals surface area contributed by atoms with Gasteiger partial charge in [-0.05, 0) is 12.2 Å². The summed E-state index contributed by atoms with van der Waals surface area (Å²) in [7, 11) is 3.47. The Morgan fingerprint density at radius 2 is 1.45 bits per heavy atom. The molecule has 1 aliphatic rings. The lowest BCUT2D eigenvalue weighted by Crippen LogP contribution is -2.66. The number of hydrogen-bond acceptors (Lipinski definition) is 10. The molecule has 13 heteroatoms. The highest BCUT2D eigenvalue weighted by Gasteiger charge is 2.52. The number of carbonyl (C=O) groups is 4. The van der Waals surface area contributed by atoms with E-state index in [9.17, 15) is 19.2 Å². The Labute approximate surface area is 185 Å². The molecule has 174 valence electrons. The van der Waals surface area contributed by atoms with Crippen LogP contribution in [0.25, 0.3) is 0 Å². The Hall–Kier alpha value is -2.80. The van der Waals surface area contributed by atoms with Crippen LogP contribution in [-0.2, 0) is 42.9 Å². The maximum atomic E-state index is 11.7. The van der Waals surface area contributed by atoms with Crippen LogP contribution in [0.5, 0.6) is 0 Å². The molecule has 0 spiro atoms. The van der Waals surface area contributed by atoms with Gasteiger partial charge in [-0.2, -0.15) is 0 Å². The van der Waals surface area contributed by atoms with Gasteiger partial charge in [-0.25, -0.2) is 4.99 Å². The molecule has 0 amide bonds. The number of nitrogens with zero attached hydrogens (tertiary/aromatic N) is 2. The number of carbonyl (C=O) groups excluding carboxylic acids is 4. The number of esters is 4. The van der Waals surface area contributed by atoms with Crippen molar-refractivity contribution < 1.29 is 42.9 Å². The van der Waals surface area contributed by atoms with Gasteiger partial charge >= 0.3 is 23.9 Å². The number of aliphatic imine (C=N–C) groups is 1. The van der Waals surface area contributed by atoms with Crippen molar-refractivity contribution in [1.29, 1.82) is 0 Å². The molecule has 0 saturated carbocycles. The number of rotatable bonds is 7. The summed E-state index contributed by atoms with van der Waals surface area (Å²) in [6.45, 7) is 4.29. The Kier molecular flexibility index (Phi) is 10.3. The molecule has 0 aromatic heterocycles. The zero-order valence-corrected chi connectivity index (χ0v) is 19.0. The van der Waals surface area contributed by atoms with Crippen molar-refractivity contribution in [2.45, 2.75) is 58.3 Å². The van der Waals surface area contributed by atoms with Gasteiger partial charge in [0.1, 0.15) is 12.7 Å². The van der Waals surface area contributed by atoms with Crippen LogP contribution in [0, 0.1) is 0 Å². The SMILES string of the molecule is CC(=O)OC[C@H]1O[C@H](NC(=S)N=CN(C)C)[C@@H](OC(C)=O)[C@@H](OC(C)=O)[C@@H]1OC(C)=O. The van der Waals surface area contributed by atoms with E-state index < -0.39 is 54.5 Å². The largest absolute Gasteiger partial charge is 0.463 e. The van der Waals surface area contributed by atoms with Gasteiger partial charge in [-0.15, -0.1) is 0 Å². The molecule has 1 heterocycles. The van der Waals surface area contributed by atoms with Crippen molar-refractivity contribution in [3.63, 3.8) is 0 Å². The summed E-state index contributed by atoms with van der Waals surface area (Å²) in [5.74, 6) is -2.75. The maximum absolute atomic E-state index is 11.7. The van der Waals surface area contributed by atoms with Gasteiger partial charge in [-0.1, -0.05) is 0 Å². The molecule has 0 aromatic rings. The number of hydrogen-bond donors (Lipinski definition) is 1. The minimum atomic E-state index is -1.28. The average Bonchev–Trinajstić information content (AvgIpc) is 2.62. The van der Waals surface area contributed by atoms with Gasteiger partial charge in [0.15, 0.2) is 29.7 Å². The fraction of sp³-hybridized carbons (Fsp3) is 0.667. The number of nitrogens with one attached hydrogen (secondary N) is 1. The summed E-state index contributed by atoms with van der Waals surface area (Å²) in [5.41, 5.74) is 0. The van der Waals surface area contributed by atoms with Crippen LogP contribution in [-0.4, -0.2) is 91.6 Å². The second-order valence-corrected chi connectivity index (χ2v) is 7.16. The van der Waals surface area contributed by atoms with Crippen LogP contribution in [0.15, 0.2) is 4.99 Å². The molecule has 5 atom stereocenters. The van der Waals surface area contributed by atoms with Crippen molar-refractivity contribution in [2.75, 3.05) is 20.7 Å². The third kappa shape index (κ3) is 9.26. The smallest absolute Gasteiger partial charge is 0.303 e. The van der Waals surface area contributed by atoms with E-state index in [4.69, 9.17) is 35.9 Å². The first-order valence-electron chi connectivity index (χ1n) is 9.22. The first-order valence-corrected chi connectivity index (χ1v) is 9.63. The molecule has 0 radical (unpaired) electrons. The quantitative estimate of drug-likeness (QED) is 0.172. The Bertz CT molecular complexity index is 728. The van der Waals surface area contributed by atoms with Gasteiger partial charge in [0.05, 0.1) is 6.34 Å². The molecule has 0 unspecified atom stereocenters. The van der Waals surface area contributed by atoms with Gasteiger partial charge in [0, 0.05) is 41.8 Å². The molecule has 1 aliphatic heterocycles. The average molecular weight is 461 g/mol. The summed E-state index contributed by atoms with van der Waals surface area (Å²) in [6.07, 6.45) is -4.57. The molecule has 0 aromatic carbocycles.